The molecule has 4 N–H and O–H groups in total. The maximum absolute atomic E-state index is 12.3. The molecule has 3 aromatic rings. The van der Waals surface area contributed by atoms with E-state index < -0.39 is 6.36 Å². The molecular formula is C18H15ClF3IN4O2. The van der Waals surface area contributed by atoms with Gasteiger partial charge in [0.05, 0.1) is 5.02 Å². The first-order valence-electron chi connectivity index (χ1n) is 7.78. The van der Waals surface area contributed by atoms with Crippen molar-refractivity contribution in [2.24, 2.45) is 0 Å². The minimum Gasteiger partial charge on any atom is -0.456 e. The average Bonchev–Trinajstić information content (AvgIpc) is 2.60. The highest BCUT2D eigenvalue weighted by atomic mass is 127. The van der Waals surface area contributed by atoms with Crippen LogP contribution in [-0.2, 0) is 0 Å². The molecule has 0 saturated carbocycles. The Morgan fingerprint density at radius 3 is 2.48 bits per heavy atom. The smallest absolute Gasteiger partial charge is 0.456 e. The lowest BCUT2D eigenvalue weighted by molar-refractivity contribution is -0.274. The third-order valence-electron chi connectivity index (χ3n) is 3.48. The monoisotopic (exact) mass is 538 g/mol. The van der Waals surface area contributed by atoms with Crippen LogP contribution in [0.15, 0.2) is 48.8 Å². The van der Waals surface area contributed by atoms with E-state index in [1.54, 1.807) is 18.2 Å². The number of rotatable bonds is 5. The first-order valence-corrected chi connectivity index (χ1v) is 9.24. The molecule has 2 aromatic carbocycles. The van der Waals surface area contributed by atoms with Crippen LogP contribution in [0, 0.1) is 10.6 Å². The first kappa shape index (κ1) is 23.0. The second-order valence-corrected chi connectivity index (χ2v) is 6.96. The minimum absolute atomic E-state index is 0. The summed E-state index contributed by atoms with van der Waals surface area (Å²) in [5.41, 5.74) is 1.56. The Morgan fingerprint density at radius 2 is 1.79 bits per heavy atom. The predicted molar refractivity (Wildman–Crippen MR) is 112 cm³/mol. The average molecular weight is 539 g/mol. The highest BCUT2D eigenvalue weighted by Gasteiger charge is 2.31. The van der Waals surface area contributed by atoms with Crippen molar-refractivity contribution >= 4 is 45.7 Å². The SMILES string of the molecule is Cc1c(I)ncnc1Nc1ccc(Oc2cccc(OC(F)(F)F)c2)c(Cl)c1.N. The lowest BCUT2D eigenvalue weighted by atomic mass is 10.2. The van der Waals surface area contributed by atoms with Crippen LogP contribution >= 0.6 is 34.2 Å². The van der Waals surface area contributed by atoms with Crippen molar-refractivity contribution in [3.05, 3.63) is 63.1 Å². The number of ether oxygens (including phenoxy) is 2. The summed E-state index contributed by atoms with van der Waals surface area (Å²) in [6.45, 7) is 1.89. The standard InChI is InChI=1S/C18H12ClF3IN3O2.H3N/c1-10-16(23)24-9-25-17(10)26-11-5-6-15(14(19)7-11)27-12-3-2-4-13(8-12)28-18(20,21)22;/h2-9H,1H3,(H,24,25,26);1H3. The van der Waals surface area contributed by atoms with Gasteiger partial charge in [-0.05, 0) is 59.8 Å². The van der Waals surface area contributed by atoms with Crippen molar-refractivity contribution < 1.29 is 22.6 Å². The summed E-state index contributed by atoms with van der Waals surface area (Å²) in [6, 6.07) is 10.1. The Bertz CT molecular complexity index is 1010. The van der Waals surface area contributed by atoms with Crippen molar-refractivity contribution in [3.8, 4) is 17.2 Å². The molecule has 0 radical (unpaired) electrons. The molecule has 1 aromatic heterocycles. The summed E-state index contributed by atoms with van der Waals surface area (Å²) in [5.74, 6) is 0.699. The van der Waals surface area contributed by atoms with Crippen LogP contribution in [-0.4, -0.2) is 16.3 Å². The normalized spacial score (nSPS) is 10.8. The van der Waals surface area contributed by atoms with Gasteiger partial charge in [-0.3, -0.25) is 0 Å². The minimum atomic E-state index is -4.78. The van der Waals surface area contributed by atoms with Crippen molar-refractivity contribution in [2.45, 2.75) is 13.3 Å². The van der Waals surface area contributed by atoms with Gasteiger partial charge in [-0.25, -0.2) is 9.97 Å². The maximum atomic E-state index is 12.3. The van der Waals surface area contributed by atoms with Crippen LogP contribution in [0.5, 0.6) is 17.2 Å². The summed E-state index contributed by atoms with van der Waals surface area (Å²) in [5, 5.41) is 3.41. The number of nitrogens with one attached hydrogen (secondary N) is 1. The van der Waals surface area contributed by atoms with E-state index >= 15 is 0 Å². The topological polar surface area (TPSA) is 91.3 Å². The number of hydrogen-bond acceptors (Lipinski definition) is 6. The molecule has 11 heteroatoms. The molecule has 0 spiro atoms. The van der Waals surface area contributed by atoms with Crippen LogP contribution in [0.1, 0.15) is 5.56 Å². The van der Waals surface area contributed by atoms with Gasteiger partial charge in [0.25, 0.3) is 0 Å². The summed E-state index contributed by atoms with van der Waals surface area (Å²) in [7, 11) is 0. The van der Waals surface area contributed by atoms with E-state index in [4.69, 9.17) is 16.3 Å². The van der Waals surface area contributed by atoms with E-state index in [0.717, 1.165) is 15.3 Å². The molecule has 0 fully saturated rings. The molecule has 0 atom stereocenters. The number of alkyl halides is 3. The third kappa shape index (κ3) is 6.34. The molecule has 0 aliphatic carbocycles. The molecular weight excluding hydrogens is 524 g/mol. The molecule has 0 saturated heterocycles. The summed E-state index contributed by atoms with van der Waals surface area (Å²) >= 11 is 8.36. The molecule has 1 heterocycles. The zero-order chi connectivity index (χ0) is 20.3. The van der Waals surface area contributed by atoms with E-state index in [1.807, 2.05) is 6.92 Å². The van der Waals surface area contributed by atoms with Gasteiger partial charge in [0.15, 0.2) is 0 Å². The summed E-state index contributed by atoms with van der Waals surface area (Å²) < 4.78 is 47.3. The third-order valence-corrected chi connectivity index (χ3v) is 4.87. The second-order valence-electron chi connectivity index (χ2n) is 5.53. The van der Waals surface area contributed by atoms with E-state index in [2.05, 4.69) is 42.6 Å². The van der Waals surface area contributed by atoms with Gasteiger partial charge in [0.1, 0.15) is 33.1 Å². The fourth-order valence-electron chi connectivity index (χ4n) is 2.21. The van der Waals surface area contributed by atoms with Crippen molar-refractivity contribution in [1.29, 1.82) is 0 Å². The lowest BCUT2D eigenvalue weighted by Gasteiger charge is -2.13. The number of halogens is 5. The van der Waals surface area contributed by atoms with Crippen LogP contribution in [0.25, 0.3) is 0 Å². The maximum Gasteiger partial charge on any atom is 0.573 e. The fraction of sp³-hybridized carbons (Fsp3) is 0.111. The zero-order valence-corrected chi connectivity index (χ0v) is 17.8. The van der Waals surface area contributed by atoms with Gasteiger partial charge in [-0.15, -0.1) is 13.2 Å². The lowest BCUT2D eigenvalue weighted by Crippen LogP contribution is -2.17. The largest absolute Gasteiger partial charge is 0.573 e. The van der Waals surface area contributed by atoms with E-state index in [9.17, 15) is 13.2 Å². The Kier molecular flexibility index (Phi) is 7.49. The molecule has 6 nitrogen and oxygen atoms in total. The molecule has 0 aliphatic heterocycles. The number of hydrogen-bond donors (Lipinski definition) is 2. The van der Waals surface area contributed by atoms with Gasteiger partial charge in [-0.2, -0.15) is 0 Å². The van der Waals surface area contributed by atoms with Crippen LogP contribution < -0.4 is 20.9 Å². The van der Waals surface area contributed by atoms with Gasteiger partial charge in [0, 0.05) is 17.3 Å². The Labute approximate surface area is 183 Å². The second kappa shape index (κ2) is 9.46. The van der Waals surface area contributed by atoms with Crippen molar-refractivity contribution in [2.75, 3.05) is 5.32 Å². The van der Waals surface area contributed by atoms with E-state index in [1.165, 1.54) is 24.5 Å². The van der Waals surface area contributed by atoms with Crippen LogP contribution in [0.2, 0.25) is 5.02 Å². The predicted octanol–water partition coefficient (Wildman–Crippen LogP) is 6.64. The molecule has 0 bridgehead atoms. The summed E-state index contributed by atoms with van der Waals surface area (Å²) in [4.78, 5) is 8.28. The zero-order valence-electron chi connectivity index (χ0n) is 14.9. The fourth-order valence-corrected chi connectivity index (χ4v) is 2.81. The van der Waals surface area contributed by atoms with Crippen LogP contribution in [0.3, 0.4) is 0 Å². The number of aromatic nitrogens is 2. The Morgan fingerprint density at radius 1 is 1.07 bits per heavy atom. The van der Waals surface area contributed by atoms with E-state index in [0.29, 0.717) is 11.5 Å². The molecule has 0 unspecified atom stereocenters. The van der Waals surface area contributed by atoms with Gasteiger partial charge >= 0.3 is 6.36 Å². The summed E-state index contributed by atoms with van der Waals surface area (Å²) in [6.07, 6.45) is -3.33. The van der Waals surface area contributed by atoms with Gasteiger partial charge in [0.2, 0.25) is 0 Å². The molecule has 0 amide bonds. The first-order chi connectivity index (χ1) is 13.2. The molecule has 154 valence electrons. The molecule has 3 rings (SSSR count). The van der Waals surface area contributed by atoms with Crippen LogP contribution in [0.4, 0.5) is 24.7 Å². The van der Waals surface area contributed by atoms with Gasteiger partial charge < -0.3 is 20.9 Å². The van der Waals surface area contributed by atoms with Crippen molar-refractivity contribution in [1.82, 2.24) is 16.1 Å². The molecule has 0 aliphatic rings. The number of nitrogens with zero attached hydrogens (tertiary/aromatic N) is 2. The van der Waals surface area contributed by atoms with Gasteiger partial charge in [-0.1, -0.05) is 17.7 Å². The highest BCUT2D eigenvalue weighted by Crippen LogP contribution is 2.34. The number of benzene rings is 2. The number of anilines is 2. The van der Waals surface area contributed by atoms with Crippen molar-refractivity contribution in [3.63, 3.8) is 0 Å². The Balaban J connectivity index is 0.00000300. The highest BCUT2D eigenvalue weighted by molar-refractivity contribution is 14.1. The Hall–Kier alpha value is -2.31. The van der Waals surface area contributed by atoms with E-state index in [-0.39, 0.29) is 28.4 Å². The quantitative estimate of drug-likeness (QED) is 0.280. The molecule has 29 heavy (non-hydrogen) atoms.